The lowest BCUT2D eigenvalue weighted by molar-refractivity contribution is 0.0412. The van der Waals surface area contributed by atoms with Gasteiger partial charge in [0.2, 0.25) is 0 Å². The van der Waals surface area contributed by atoms with Gasteiger partial charge in [0.25, 0.3) is 0 Å². The van der Waals surface area contributed by atoms with Crippen molar-refractivity contribution in [2.75, 3.05) is 19.8 Å². The van der Waals surface area contributed by atoms with Gasteiger partial charge in [0.1, 0.15) is 5.75 Å². The second kappa shape index (κ2) is 6.32. The number of rotatable bonds is 6. The van der Waals surface area contributed by atoms with Gasteiger partial charge < -0.3 is 25.7 Å². The lowest BCUT2D eigenvalue weighted by atomic mass is 10.0. The summed E-state index contributed by atoms with van der Waals surface area (Å²) in [5.74, 6) is 0.114. The Morgan fingerprint density at radius 1 is 1.12 bits per heavy atom. The number of phenols is 1. The first kappa shape index (κ1) is 14.4. The topological polar surface area (TPSA) is 93.0 Å². The van der Waals surface area contributed by atoms with Crippen LogP contribution in [-0.4, -0.2) is 45.8 Å². The number of aliphatic hydroxyl groups excluding tert-OH is 3. The van der Waals surface area contributed by atoms with Crippen LogP contribution in [0, 0.1) is 0 Å². The van der Waals surface area contributed by atoms with E-state index in [0.29, 0.717) is 5.56 Å². The van der Waals surface area contributed by atoms with Crippen LogP contribution < -0.4 is 5.32 Å². The van der Waals surface area contributed by atoms with Crippen molar-refractivity contribution >= 4 is 15.9 Å². The minimum absolute atomic E-state index is 0.114. The number of halogens is 1. The van der Waals surface area contributed by atoms with Crippen LogP contribution in [0.3, 0.4) is 0 Å². The van der Waals surface area contributed by atoms with E-state index in [4.69, 9.17) is 15.3 Å². The average molecular weight is 306 g/mol. The summed E-state index contributed by atoms with van der Waals surface area (Å²) in [5.41, 5.74) is -0.534. The quantitative estimate of drug-likeness (QED) is 0.508. The lowest BCUT2D eigenvalue weighted by Gasteiger charge is -2.29. The van der Waals surface area contributed by atoms with Crippen molar-refractivity contribution in [3.05, 3.63) is 28.2 Å². The van der Waals surface area contributed by atoms with Gasteiger partial charge in [-0.2, -0.15) is 0 Å². The molecule has 5 nitrogen and oxygen atoms in total. The monoisotopic (exact) mass is 305 g/mol. The average Bonchev–Trinajstić information content (AvgIpc) is 2.35. The summed E-state index contributed by atoms with van der Waals surface area (Å²) in [7, 11) is 0. The Hall–Kier alpha value is -0.660. The standard InChI is InChI=1S/C11H16BrNO4/c12-9-1-2-10(17)8(3-9)4-13-11(5-14,6-15)7-16/h1-3,13-17H,4-7H2. The summed E-state index contributed by atoms with van der Waals surface area (Å²) >= 11 is 3.28. The smallest absolute Gasteiger partial charge is 0.120 e. The maximum atomic E-state index is 9.60. The molecule has 17 heavy (non-hydrogen) atoms. The molecular formula is C11H16BrNO4. The Morgan fingerprint density at radius 3 is 2.24 bits per heavy atom. The minimum atomic E-state index is -1.14. The van der Waals surface area contributed by atoms with Crippen LogP contribution in [-0.2, 0) is 6.54 Å². The molecule has 0 amide bonds. The molecule has 0 fully saturated rings. The van der Waals surface area contributed by atoms with Crippen LogP contribution in [0.4, 0.5) is 0 Å². The maximum Gasteiger partial charge on any atom is 0.120 e. The summed E-state index contributed by atoms with van der Waals surface area (Å²) in [6.45, 7) is -0.953. The molecule has 96 valence electrons. The molecule has 0 aliphatic rings. The maximum absolute atomic E-state index is 9.60. The molecule has 1 aromatic carbocycles. The van der Waals surface area contributed by atoms with Gasteiger partial charge in [-0.1, -0.05) is 15.9 Å². The zero-order valence-corrected chi connectivity index (χ0v) is 10.8. The molecule has 5 N–H and O–H groups in total. The molecule has 0 bridgehead atoms. The SMILES string of the molecule is OCC(CO)(CO)NCc1cc(Br)ccc1O. The highest BCUT2D eigenvalue weighted by Crippen LogP contribution is 2.22. The van der Waals surface area contributed by atoms with Gasteiger partial charge in [-0.3, -0.25) is 0 Å². The number of aromatic hydroxyl groups is 1. The van der Waals surface area contributed by atoms with Crippen LogP contribution in [0.5, 0.6) is 5.75 Å². The molecule has 0 aromatic heterocycles. The molecule has 0 radical (unpaired) electrons. The van der Waals surface area contributed by atoms with Gasteiger partial charge in [-0.15, -0.1) is 0 Å². The molecule has 1 rings (SSSR count). The molecule has 0 aliphatic heterocycles. The minimum Gasteiger partial charge on any atom is -0.508 e. The number of phenolic OH excluding ortho intramolecular Hbond substituents is 1. The fourth-order valence-electron chi connectivity index (χ4n) is 1.30. The van der Waals surface area contributed by atoms with Crippen molar-refractivity contribution in [1.29, 1.82) is 0 Å². The molecule has 1 aromatic rings. The van der Waals surface area contributed by atoms with E-state index in [1.807, 2.05) is 0 Å². The van der Waals surface area contributed by atoms with Crippen LogP contribution >= 0.6 is 15.9 Å². The summed E-state index contributed by atoms with van der Waals surface area (Å²) in [6, 6.07) is 4.97. The number of hydrogen-bond donors (Lipinski definition) is 5. The second-order valence-corrected chi connectivity index (χ2v) is 4.80. The molecule has 6 heteroatoms. The Bertz CT molecular complexity index is 360. The Morgan fingerprint density at radius 2 is 1.71 bits per heavy atom. The molecule has 0 unspecified atom stereocenters. The summed E-state index contributed by atoms with van der Waals surface area (Å²) in [5, 5.41) is 39.8. The van der Waals surface area contributed by atoms with Gasteiger partial charge in [0.15, 0.2) is 0 Å². The van der Waals surface area contributed by atoms with Crippen molar-refractivity contribution in [3.63, 3.8) is 0 Å². The highest BCUT2D eigenvalue weighted by molar-refractivity contribution is 9.10. The normalized spacial score (nSPS) is 11.8. The molecular weight excluding hydrogens is 290 g/mol. The number of nitrogens with one attached hydrogen (secondary N) is 1. The Labute approximate surface area is 108 Å². The third-order valence-electron chi connectivity index (χ3n) is 2.60. The summed E-state index contributed by atoms with van der Waals surface area (Å²) in [4.78, 5) is 0. The first-order valence-electron chi connectivity index (χ1n) is 5.12. The van der Waals surface area contributed by atoms with Crippen LogP contribution in [0.1, 0.15) is 5.56 Å². The summed E-state index contributed by atoms with van der Waals surface area (Å²) in [6.07, 6.45) is 0. The number of benzene rings is 1. The van der Waals surface area contributed by atoms with E-state index in [0.717, 1.165) is 4.47 Å². The third kappa shape index (κ3) is 3.65. The van der Waals surface area contributed by atoms with Gasteiger partial charge >= 0.3 is 0 Å². The highest BCUT2D eigenvalue weighted by Gasteiger charge is 2.27. The van der Waals surface area contributed by atoms with E-state index in [1.165, 1.54) is 0 Å². The van der Waals surface area contributed by atoms with Crippen LogP contribution in [0.25, 0.3) is 0 Å². The fourth-order valence-corrected chi connectivity index (χ4v) is 1.70. The van der Waals surface area contributed by atoms with Crippen LogP contribution in [0.15, 0.2) is 22.7 Å². The second-order valence-electron chi connectivity index (χ2n) is 3.88. The Kier molecular flexibility index (Phi) is 5.35. The zero-order valence-electron chi connectivity index (χ0n) is 9.23. The van der Waals surface area contributed by atoms with Crippen molar-refractivity contribution in [2.45, 2.75) is 12.1 Å². The van der Waals surface area contributed by atoms with Gasteiger partial charge in [0.05, 0.1) is 25.4 Å². The highest BCUT2D eigenvalue weighted by atomic mass is 79.9. The predicted molar refractivity (Wildman–Crippen MR) is 66.6 cm³/mol. The van der Waals surface area contributed by atoms with Crippen molar-refractivity contribution < 1.29 is 20.4 Å². The molecule has 0 aliphatic carbocycles. The molecule has 0 saturated heterocycles. The lowest BCUT2D eigenvalue weighted by Crippen LogP contribution is -2.54. The summed E-state index contributed by atoms with van der Waals surface area (Å²) < 4.78 is 0.815. The van der Waals surface area contributed by atoms with Gasteiger partial charge in [-0.25, -0.2) is 0 Å². The zero-order chi connectivity index (χ0) is 12.9. The number of aliphatic hydroxyl groups is 3. The largest absolute Gasteiger partial charge is 0.508 e. The van der Waals surface area contributed by atoms with Crippen molar-refractivity contribution in [2.24, 2.45) is 0 Å². The van der Waals surface area contributed by atoms with Gasteiger partial charge in [0, 0.05) is 16.6 Å². The third-order valence-corrected chi connectivity index (χ3v) is 3.10. The van der Waals surface area contributed by atoms with Gasteiger partial charge in [-0.05, 0) is 18.2 Å². The van der Waals surface area contributed by atoms with E-state index in [2.05, 4.69) is 21.2 Å². The first-order chi connectivity index (χ1) is 8.06. The Balaban J connectivity index is 2.75. The van der Waals surface area contributed by atoms with E-state index in [1.54, 1.807) is 18.2 Å². The molecule has 0 atom stereocenters. The fraction of sp³-hybridized carbons (Fsp3) is 0.455. The molecule has 0 heterocycles. The number of hydrogen-bond acceptors (Lipinski definition) is 5. The van der Waals surface area contributed by atoms with Crippen molar-refractivity contribution in [3.8, 4) is 5.75 Å². The van der Waals surface area contributed by atoms with Crippen molar-refractivity contribution in [1.82, 2.24) is 5.32 Å². The van der Waals surface area contributed by atoms with E-state index < -0.39 is 25.4 Å². The molecule has 0 saturated carbocycles. The van der Waals surface area contributed by atoms with Crippen LogP contribution in [0.2, 0.25) is 0 Å². The van der Waals surface area contributed by atoms with E-state index in [9.17, 15) is 5.11 Å². The predicted octanol–water partition coefficient (Wildman–Crippen LogP) is -0.0400. The van der Waals surface area contributed by atoms with E-state index >= 15 is 0 Å². The van der Waals surface area contributed by atoms with E-state index in [-0.39, 0.29) is 12.3 Å². The first-order valence-corrected chi connectivity index (χ1v) is 5.91. The molecule has 0 spiro atoms.